The van der Waals surface area contributed by atoms with Gasteiger partial charge in [0.25, 0.3) is 0 Å². The van der Waals surface area contributed by atoms with Crippen molar-refractivity contribution in [1.82, 2.24) is 0 Å². The van der Waals surface area contributed by atoms with Crippen LogP contribution in [0.3, 0.4) is 0 Å². The fraction of sp³-hybridized carbons (Fsp3) is 0.268. The Morgan fingerprint density at radius 3 is 1.43 bits per heavy atom. The third kappa shape index (κ3) is 10.0. The molecule has 0 aliphatic heterocycles. The second-order valence-electron chi connectivity index (χ2n) is 13.4. The summed E-state index contributed by atoms with van der Waals surface area (Å²) in [5.41, 5.74) is 8.55. The van der Waals surface area contributed by atoms with Gasteiger partial charge in [-0.1, -0.05) is 76.9 Å². The molecule has 0 spiro atoms. The summed E-state index contributed by atoms with van der Waals surface area (Å²) < 4.78 is 1.43. The first-order chi connectivity index (χ1) is 19.8. The molecule has 0 amide bonds. The van der Waals surface area contributed by atoms with E-state index >= 15 is 0 Å². The molecule has 0 nitrogen and oxygen atoms in total. The molecule has 3 heteroatoms. The first-order valence-corrected chi connectivity index (χ1v) is 16.1. The molecule has 0 bridgehead atoms. The molecular weight excluding hydrogens is 655 g/mol. The fourth-order valence-corrected chi connectivity index (χ4v) is 5.80. The van der Waals surface area contributed by atoms with Crippen LogP contribution in [0, 0.1) is 19.9 Å². The van der Waals surface area contributed by atoms with Crippen LogP contribution in [0.2, 0.25) is 0 Å². The molecule has 44 heavy (non-hydrogen) atoms. The van der Waals surface area contributed by atoms with Crippen LogP contribution in [0.1, 0.15) is 81.3 Å². The third-order valence-electron chi connectivity index (χ3n) is 7.64. The second-order valence-corrected chi connectivity index (χ2v) is 14.6. The van der Waals surface area contributed by atoms with E-state index in [-0.39, 0.29) is 35.6 Å². The van der Waals surface area contributed by atoms with Crippen molar-refractivity contribution >= 4 is 24.8 Å². The first-order valence-electron chi connectivity index (χ1n) is 14.9. The molecule has 0 unspecified atom stereocenters. The van der Waals surface area contributed by atoms with Crippen molar-refractivity contribution < 1.29 is 49.0 Å². The molecule has 5 aromatic carbocycles. The summed E-state index contributed by atoms with van der Waals surface area (Å²) in [5.74, 6) is 0. The van der Waals surface area contributed by atoms with Gasteiger partial charge in [-0.3, -0.25) is 6.08 Å². The summed E-state index contributed by atoms with van der Waals surface area (Å²) in [6, 6.07) is 33.6. The van der Waals surface area contributed by atoms with E-state index < -0.39 is 0 Å². The van der Waals surface area contributed by atoms with E-state index in [0.29, 0.717) is 0 Å². The second kappa shape index (κ2) is 16.2. The van der Waals surface area contributed by atoms with Crippen molar-refractivity contribution in [3.63, 3.8) is 0 Å². The molecule has 0 N–H and O–H groups in total. The Morgan fingerprint density at radius 1 is 0.659 bits per heavy atom. The predicted molar refractivity (Wildman–Crippen MR) is 182 cm³/mol. The van der Waals surface area contributed by atoms with Crippen LogP contribution < -0.4 is 24.8 Å². The Hall–Kier alpha value is -2.44. The molecule has 0 fully saturated rings. The molecule has 0 heterocycles. The molecule has 5 aromatic rings. The van der Waals surface area contributed by atoms with E-state index in [1.54, 1.807) is 0 Å². The first kappa shape index (κ1) is 37.7. The van der Waals surface area contributed by atoms with Gasteiger partial charge in [0.2, 0.25) is 0 Å². The Bertz CT molecular complexity index is 1630. The summed E-state index contributed by atoms with van der Waals surface area (Å²) in [4.78, 5) is 0. The summed E-state index contributed by atoms with van der Waals surface area (Å²) in [6.45, 7) is 17.9. The van der Waals surface area contributed by atoms with E-state index in [2.05, 4.69) is 159 Å². The van der Waals surface area contributed by atoms with E-state index in [1.807, 2.05) is 12.2 Å². The number of allylic oxidation sites excluding steroid dienone is 4. The number of fused-ring (bicyclic) bond motifs is 3. The van der Waals surface area contributed by atoms with Gasteiger partial charge >= 0.3 is 112 Å². The molecule has 1 aliphatic rings. The average molecular weight is 699 g/mol. The van der Waals surface area contributed by atoms with Crippen LogP contribution in [-0.2, 0) is 35.1 Å². The van der Waals surface area contributed by atoms with Gasteiger partial charge in [0.1, 0.15) is 0 Å². The number of aryl methyl sites for hydroxylation is 2. The molecule has 0 saturated carbocycles. The Labute approximate surface area is 293 Å². The minimum Gasteiger partial charge on any atom is -1.00 e. The molecule has 0 radical (unpaired) electrons. The molecule has 0 atom stereocenters. The van der Waals surface area contributed by atoms with Crippen LogP contribution in [0.15, 0.2) is 109 Å². The molecule has 228 valence electrons. The fourth-order valence-electron chi connectivity index (χ4n) is 5.04. The molecular formula is C41H44Cl2Zr-2. The maximum Gasteiger partial charge on any atom is -0.109 e. The van der Waals surface area contributed by atoms with Gasteiger partial charge in [0.15, 0.2) is 0 Å². The number of halogens is 2. The molecule has 0 saturated heterocycles. The van der Waals surface area contributed by atoms with Crippen LogP contribution in [0.5, 0.6) is 0 Å². The summed E-state index contributed by atoms with van der Waals surface area (Å²) in [6.07, 6.45) is 10.0. The van der Waals surface area contributed by atoms with Crippen molar-refractivity contribution in [2.45, 2.75) is 72.6 Å². The number of rotatable bonds is 2. The van der Waals surface area contributed by atoms with Crippen LogP contribution >= 0.6 is 0 Å². The molecule has 6 rings (SSSR count). The van der Waals surface area contributed by atoms with Gasteiger partial charge in [0, 0.05) is 0 Å². The van der Waals surface area contributed by atoms with Crippen LogP contribution in [0.4, 0.5) is 0 Å². The Kier molecular flexibility index (Phi) is 13.9. The largest absolute Gasteiger partial charge is 1.00 e. The number of benzene rings is 4. The normalized spacial score (nSPS) is 12.0. The van der Waals surface area contributed by atoms with Gasteiger partial charge < -0.3 is 24.8 Å². The Balaban J connectivity index is 0.000000260. The zero-order valence-corrected chi connectivity index (χ0v) is 31.3. The van der Waals surface area contributed by atoms with Gasteiger partial charge in [-0.15, -0.1) is 46.2 Å². The SMILES string of the molecule is CC(C)(C)c1ccc2[cH-]c3ccc(C(C)(C)C)cc3c2c1.Cc1cccc([C](=[Zr+2])c2cccc(C)c2)c1.[C-]1=CC=CC1.[Cl-].[Cl-]. The number of hydrogen-bond acceptors (Lipinski definition) is 0. The van der Waals surface area contributed by atoms with Gasteiger partial charge in [0.05, 0.1) is 0 Å². The van der Waals surface area contributed by atoms with E-state index in [9.17, 15) is 0 Å². The summed E-state index contributed by atoms with van der Waals surface area (Å²) in [7, 11) is 0. The van der Waals surface area contributed by atoms with E-state index in [0.717, 1.165) is 6.42 Å². The van der Waals surface area contributed by atoms with Crippen molar-refractivity contribution in [3.05, 3.63) is 149 Å². The monoisotopic (exact) mass is 696 g/mol. The maximum absolute atomic E-state index is 2.99. The zero-order chi connectivity index (χ0) is 30.5. The smallest absolute Gasteiger partial charge is 0.109 e. The minimum absolute atomic E-state index is 0. The topological polar surface area (TPSA) is 0 Å². The zero-order valence-electron chi connectivity index (χ0n) is 27.4. The van der Waals surface area contributed by atoms with Crippen LogP contribution in [0.25, 0.3) is 21.5 Å². The van der Waals surface area contributed by atoms with Crippen molar-refractivity contribution in [3.8, 4) is 0 Å². The third-order valence-corrected chi connectivity index (χ3v) is 9.06. The quantitative estimate of drug-likeness (QED) is 0.227. The van der Waals surface area contributed by atoms with Gasteiger partial charge in [-0.05, 0) is 10.8 Å². The predicted octanol–water partition coefficient (Wildman–Crippen LogP) is 5.04. The van der Waals surface area contributed by atoms with Crippen LogP contribution in [-0.4, -0.2) is 3.21 Å². The summed E-state index contributed by atoms with van der Waals surface area (Å²) in [5, 5.41) is 5.49. The van der Waals surface area contributed by atoms with Gasteiger partial charge in [-0.2, -0.15) is 6.08 Å². The minimum atomic E-state index is 0. The number of hydrogen-bond donors (Lipinski definition) is 0. The van der Waals surface area contributed by atoms with Crippen molar-refractivity contribution in [1.29, 1.82) is 0 Å². The Morgan fingerprint density at radius 2 is 1.11 bits per heavy atom. The van der Waals surface area contributed by atoms with E-state index in [1.165, 1.54) is 82.4 Å². The van der Waals surface area contributed by atoms with Gasteiger partial charge in [-0.25, -0.2) is 12.2 Å². The average Bonchev–Trinajstić information content (AvgIpc) is 3.63. The van der Waals surface area contributed by atoms with E-state index in [4.69, 9.17) is 0 Å². The maximum atomic E-state index is 2.99. The molecule has 0 aromatic heterocycles. The van der Waals surface area contributed by atoms with Crippen molar-refractivity contribution in [2.24, 2.45) is 0 Å². The standard InChI is InChI=1S/C21H25.C15H14.C5H5.2ClH.Zr/c1-20(2,3)16-9-7-14-11-15-8-10-17(21(4,5)6)13-19(15)18(14)12-16;1-12-5-3-7-14(9-12)11-15-8-4-6-13(2)10-15;1-2-4-5-3-1;;;/h7-13H,1-6H3;3-10H,1-2H3;1-3H,4H2;2*1H;/q-1;;-1;;;+2/p-2. The molecule has 1 aliphatic carbocycles. The summed E-state index contributed by atoms with van der Waals surface area (Å²) >= 11 is 1.47. The van der Waals surface area contributed by atoms with Crippen molar-refractivity contribution in [2.75, 3.05) is 0 Å².